The molecule has 96 valence electrons. The number of benzene rings is 1. The Labute approximate surface area is 109 Å². The Bertz CT molecular complexity index is 553. The summed E-state index contributed by atoms with van der Waals surface area (Å²) in [5, 5.41) is 0. The first-order valence-electron chi connectivity index (χ1n) is 6.36. The molecule has 0 unspecified atom stereocenters. The number of aryl methyl sites for hydroxylation is 1. The van der Waals surface area contributed by atoms with Gasteiger partial charge >= 0.3 is 0 Å². The van der Waals surface area contributed by atoms with Crippen molar-refractivity contribution >= 4 is 0 Å². The number of hydrogen-bond acceptors (Lipinski definition) is 2. The molecular weight excluding hydrogens is 222 g/mol. The second-order valence-electron chi connectivity index (χ2n) is 5.05. The topological polar surface area (TPSA) is 43.8 Å². The van der Waals surface area contributed by atoms with Crippen LogP contribution in [0.15, 0.2) is 24.4 Å². The summed E-state index contributed by atoms with van der Waals surface area (Å²) >= 11 is 0. The summed E-state index contributed by atoms with van der Waals surface area (Å²) in [5.74, 6) is 1.45. The van der Waals surface area contributed by atoms with Gasteiger partial charge in [-0.05, 0) is 30.0 Å². The summed E-state index contributed by atoms with van der Waals surface area (Å²) in [6, 6.07) is 6.64. The second kappa shape index (κ2) is 4.94. The molecule has 3 heteroatoms. The molecule has 0 fully saturated rings. The predicted octanol–water partition coefficient (Wildman–Crippen LogP) is 2.98. The lowest BCUT2D eigenvalue weighted by Gasteiger charge is -2.12. The van der Waals surface area contributed by atoms with Crippen LogP contribution < -0.4 is 5.73 Å². The van der Waals surface area contributed by atoms with Crippen LogP contribution >= 0.6 is 0 Å². The molecule has 1 aromatic heterocycles. The first-order valence-corrected chi connectivity index (χ1v) is 6.36. The third-order valence-electron chi connectivity index (χ3n) is 3.47. The summed E-state index contributed by atoms with van der Waals surface area (Å²) in [6.07, 6.45) is 1.91. The Hall–Kier alpha value is -1.61. The molecule has 0 amide bonds. The molecule has 0 aliphatic carbocycles. The number of aromatic nitrogens is 2. The van der Waals surface area contributed by atoms with Crippen molar-refractivity contribution < 1.29 is 0 Å². The smallest absolute Gasteiger partial charge is 0.122 e. The summed E-state index contributed by atoms with van der Waals surface area (Å²) in [7, 11) is 2.02. The molecule has 18 heavy (non-hydrogen) atoms. The lowest BCUT2D eigenvalue weighted by Crippen LogP contribution is -2.06. The van der Waals surface area contributed by atoms with Crippen molar-refractivity contribution in [3.8, 4) is 11.3 Å². The first-order chi connectivity index (χ1) is 8.54. The largest absolute Gasteiger partial charge is 0.330 e. The zero-order chi connectivity index (χ0) is 13.3. The van der Waals surface area contributed by atoms with Crippen LogP contribution in [-0.2, 0) is 13.6 Å². The Morgan fingerprint density at radius 2 is 2.06 bits per heavy atom. The van der Waals surface area contributed by atoms with Gasteiger partial charge in [0.15, 0.2) is 0 Å². The van der Waals surface area contributed by atoms with Crippen molar-refractivity contribution in [2.45, 2.75) is 33.2 Å². The Morgan fingerprint density at radius 3 is 2.61 bits per heavy atom. The van der Waals surface area contributed by atoms with Gasteiger partial charge in [0, 0.05) is 12.6 Å². The molecule has 0 saturated carbocycles. The van der Waals surface area contributed by atoms with Gasteiger partial charge in [-0.25, -0.2) is 4.98 Å². The molecule has 0 spiro atoms. The Kier molecular flexibility index (Phi) is 3.53. The third kappa shape index (κ3) is 2.18. The molecule has 2 N–H and O–H groups in total. The quantitative estimate of drug-likeness (QED) is 0.900. The molecule has 0 saturated heterocycles. The molecule has 2 rings (SSSR count). The standard InChI is InChI=1S/C15H21N3/c1-10(2)12-6-5-11(3)13(7-12)14-9-17-15(8-16)18(14)4/h5-7,9-10H,8,16H2,1-4H3. The molecule has 0 atom stereocenters. The lowest BCUT2D eigenvalue weighted by molar-refractivity contribution is 0.798. The molecule has 0 radical (unpaired) electrons. The van der Waals surface area contributed by atoms with Gasteiger partial charge in [0.1, 0.15) is 5.82 Å². The number of nitrogens with zero attached hydrogens (tertiary/aromatic N) is 2. The minimum atomic E-state index is 0.472. The van der Waals surface area contributed by atoms with Gasteiger partial charge in [0.25, 0.3) is 0 Å². The van der Waals surface area contributed by atoms with Crippen molar-refractivity contribution in [3.05, 3.63) is 41.3 Å². The Balaban J connectivity index is 2.55. The van der Waals surface area contributed by atoms with E-state index in [9.17, 15) is 0 Å². The molecule has 0 aliphatic heterocycles. The fourth-order valence-electron chi connectivity index (χ4n) is 2.16. The Morgan fingerprint density at radius 1 is 1.33 bits per heavy atom. The van der Waals surface area contributed by atoms with E-state index in [1.54, 1.807) is 0 Å². The third-order valence-corrected chi connectivity index (χ3v) is 3.47. The first kappa shape index (κ1) is 12.8. The SMILES string of the molecule is Cc1ccc(C(C)C)cc1-c1cnc(CN)n1C. The molecule has 0 aliphatic rings. The fourth-order valence-corrected chi connectivity index (χ4v) is 2.16. The van der Waals surface area contributed by atoms with Gasteiger partial charge < -0.3 is 10.3 Å². The normalized spacial score (nSPS) is 11.2. The zero-order valence-corrected chi connectivity index (χ0v) is 11.6. The number of rotatable bonds is 3. The van der Waals surface area contributed by atoms with Crippen LogP contribution in [0.5, 0.6) is 0 Å². The minimum absolute atomic E-state index is 0.472. The highest BCUT2D eigenvalue weighted by Crippen LogP contribution is 2.27. The zero-order valence-electron chi connectivity index (χ0n) is 11.6. The van der Waals surface area contributed by atoms with E-state index >= 15 is 0 Å². The lowest BCUT2D eigenvalue weighted by atomic mass is 9.96. The van der Waals surface area contributed by atoms with Crippen LogP contribution in [0.3, 0.4) is 0 Å². The fraction of sp³-hybridized carbons (Fsp3) is 0.400. The molecule has 2 aromatic rings. The van der Waals surface area contributed by atoms with Gasteiger partial charge in [-0.2, -0.15) is 0 Å². The highest BCUT2D eigenvalue weighted by molar-refractivity contribution is 5.65. The number of nitrogens with two attached hydrogens (primary N) is 1. The van der Waals surface area contributed by atoms with Crippen LogP contribution in [0, 0.1) is 6.92 Å². The summed E-state index contributed by atoms with van der Waals surface area (Å²) in [4.78, 5) is 4.36. The summed E-state index contributed by atoms with van der Waals surface area (Å²) in [5.41, 5.74) is 10.7. The van der Waals surface area contributed by atoms with Crippen molar-refractivity contribution in [1.82, 2.24) is 9.55 Å². The summed E-state index contributed by atoms with van der Waals surface area (Å²) < 4.78 is 2.08. The van der Waals surface area contributed by atoms with E-state index in [-0.39, 0.29) is 0 Å². The number of hydrogen-bond donors (Lipinski definition) is 1. The average molecular weight is 243 g/mol. The monoisotopic (exact) mass is 243 g/mol. The van der Waals surface area contributed by atoms with E-state index < -0.39 is 0 Å². The van der Waals surface area contributed by atoms with Gasteiger partial charge in [-0.15, -0.1) is 0 Å². The molecular formula is C15H21N3. The highest BCUT2D eigenvalue weighted by atomic mass is 15.1. The van der Waals surface area contributed by atoms with Crippen molar-refractivity contribution in [2.24, 2.45) is 12.8 Å². The van der Waals surface area contributed by atoms with Gasteiger partial charge in [-0.3, -0.25) is 0 Å². The highest BCUT2D eigenvalue weighted by Gasteiger charge is 2.11. The van der Waals surface area contributed by atoms with E-state index in [0.29, 0.717) is 12.5 Å². The average Bonchev–Trinajstić information content (AvgIpc) is 2.70. The van der Waals surface area contributed by atoms with E-state index in [1.807, 2.05) is 13.2 Å². The maximum Gasteiger partial charge on any atom is 0.122 e. The molecule has 1 heterocycles. The van der Waals surface area contributed by atoms with E-state index in [1.165, 1.54) is 16.7 Å². The van der Waals surface area contributed by atoms with Gasteiger partial charge in [-0.1, -0.05) is 26.0 Å². The minimum Gasteiger partial charge on any atom is -0.330 e. The van der Waals surface area contributed by atoms with Gasteiger partial charge in [0.05, 0.1) is 18.4 Å². The van der Waals surface area contributed by atoms with Crippen molar-refractivity contribution in [2.75, 3.05) is 0 Å². The number of imidazole rings is 1. The van der Waals surface area contributed by atoms with Crippen LogP contribution in [0.2, 0.25) is 0 Å². The molecule has 3 nitrogen and oxygen atoms in total. The second-order valence-corrected chi connectivity index (χ2v) is 5.05. The van der Waals surface area contributed by atoms with Crippen molar-refractivity contribution in [3.63, 3.8) is 0 Å². The molecule has 1 aromatic carbocycles. The van der Waals surface area contributed by atoms with Crippen LogP contribution in [0.4, 0.5) is 0 Å². The van der Waals surface area contributed by atoms with E-state index in [2.05, 4.69) is 48.5 Å². The van der Waals surface area contributed by atoms with E-state index in [4.69, 9.17) is 5.73 Å². The van der Waals surface area contributed by atoms with Crippen LogP contribution in [-0.4, -0.2) is 9.55 Å². The van der Waals surface area contributed by atoms with Crippen LogP contribution in [0.25, 0.3) is 11.3 Å². The molecule has 0 bridgehead atoms. The van der Waals surface area contributed by atoms with Crippen LogP contribution in [0.1, 0.15) is 36.7 Å². The van der Waals surface area contributed by atoms with E-state index in [0.717, 1.165) is 11.5 Å². The maximum absolute atomic E-state index is 5.67. The van der Waals surface area contributed by atoms with Gasteiger partial charge in [0.2, 0.25) is 0 Å². The van der Waals surface area contributed by atoms with Crippen molar-refractivity contribution in [1.29, 1.82) is 0 Å². The maximum atomic E-state index is 5.67. The predicted molar refractivity (Wildman–Crippen MR) is 75.4 cm³/mol. The summed E-state index contributed by atoms with van der Waals surface area (Å²) in [6.45, 7) is 7.03.